The predicted molar refractivity (Wildman–Crippen MR) is 78.2 cm³/mol. The van der Waals surface area contributed by atoms with Crippen molar-refractivity contribution < 1.29 is 0 Å². The summed E-state index contributed by atoms with van der Waals surface area (Å²) in [5.41, 5.74) is 9.17. The van der Waals surface area contributed by atoms with Crippen LogP contribution in [0.15, 0.2) is 47.2 Å². The number of hydrogen-bond donors (Lipinski definition) is 1. The Labute approximate surface area is 117 Å². The van der Waals surface area contributed by atoms with Crippen LogP contribution in [0.1, 0.15) is 0 Å². The number of fused-ring (bicyclic) bond motifs is 1. The van der Waals surface area contributed by atoms with Crippen LogP contribution in [0.25, 0.3) is 16.7 Å². The van der Waals surface area contributed by atoms with Crippen molar-refractivity contribution in [2.75, 3.05) is 5.73 Å². The highest BCUT2D eigenvalue weighted by Crippen LogP contribution is 2.27. The van der Waals surface area contributed by atoms with Crippen LogP contribution in [-0.4, -0.2) is 9.55 Å². The summed E-state index contributed by atoms with van der Waals surface area (Å²) in [5.74, 6) is 0. The van der Waals surface area contributed by atoms with Crippen molar-refractivity contribution in [3.05, 3.63) is 52.2 Å². The molecule has 0 aliphatic rings. The lowest BCUT2D eigenvalue weighted by Crippen LogP contribution is -1.93. The average Bonchev–Trinajstić information content (AvgIpc) is 2.72. The van der Waals surface area contributed by atoms with Gasteiger partial charge < -0.3 is 5.73 Å². The van der Waals surface area contributed by atoms with Crippen molar-refractivity contribution in [1.82, 2.24) is 9.55 Å². The topological polar surface area (TPSA) is 43.8 Å². The van der Waals surface area contributed by atoms with E-state index in [-0.39, 0.29) is 0 Å². The maximum atomic E-state index is 6.25. The van der Waals surface area contributed by atoms with E-state index in [2.05, 4.69) is 20.9 Å². The van der Waals surface area contributed by atoms with Crippen LogP contribution in [0.5, 0.6) is 0 Å². The van der Waals surface area contributed by atoms with Gasteiger partial charge in [0.1, 0.15) is 6.33 Å². The standard InChI is InChI=1S/C13H9BrClN3/c14-8-1-3-12(10(15)5-8)18-7-17-11-6-9(16)2-4-13(11)18/h1-7H,16H2. The number of nitrogen functional groups attached to an aromatic ring is 1. The highest BCUT2D eigenvalue weighted by Gasteiger charge is 2.08. The number of anilines is 1. The van der Waals surface area contributed by atoms with Gasteiger partial charge in [-0.3, -0.25) is 4.57 Å². The largest absolute Gasteiger partial charge is 0.399 e. The van der Waals surface area contributed by atoms with Crippen molar-refractivity contribution in [1.29, 1.82) is 0 Å². The number of hydrogen-bond acceptors (Lipinski definition) is 2. The summed E-state index contributed by atoms with van der Waals surface area (Å²) in [6.45, 7) is 0. The van der Waals surface area contributed by atoms with E-state index in [0.29, 0.717) is 10.7 Å². The van der Waals surface area contributed by atoms with E-state index in [4.69, 9.17) is 17.3 Å². The van der Waals surface area contributed by atoms with Crippen molar-refractivity contribution in [2.45, 2.75) is 0 Å². The number of halogens is 2. The van der Waals surface area contributed by atoms with Crippen LogP contribution < -0.4 is 5.73 Å². The molecular weight excluding hydrogens is 314 g/mol. The molecule has 3 nitrogen and oxygen atoms in total. The molecular formula is C13H9BrClN3. The Bertz CT molecular complexity index is 736. The second kappa shape index (κ2) is 4.30. The van der Waals surface area contributed by atoms with Crippen molar-refractivity contribution in [3.8, 4) is 5.69 Å². The van der Waals surface area contributed by atoms with E-state index in [1.807, 2.05) is 41.0 Å². The summed E-state index contributed by atoms with van der Waals surface area (Å²) >= 11 is 9.64. The summed E-state index contributed by atoms with van der Waals surface area (Å²) < 4.78 is 2.90. The van der Waals surface area contributed by atoms with E-state index >= 15 is 0 Å². The molecule has 2 N–H and O–H groups in total. The molecule has 1 heterocycles. The van der Waals surface area contributed by atoms with E-state index in [1.54, 1.807) is 6.33 Å². The minimum Gasteiger partial charge on any atom is -0.399 e. The average molecular weight is 323 g/mol. The Morgan fingerprint density at radius 1 is 1.17 bits per heavy atom. The zero-order valence-electron chi connectivity index (χ0n) is 9.27. The Kier molecular flexibility index (Phi) is 2.76. The summed E-state index contributed by atoms with van der Waals surface area (Å²) in [7, 11) is 0. The molecule has 0 amide bonds. The summed E-state index contributed by atoms with van der Waals surface area (Å²) in [6.07, 6.45) is 1.75. The molecule has 0 radical (unpaired) electrons. The molecule has 0 atom stereocenters. The van der Waals surface area contributed by atoms with Gasteiger partial charge in [0.2, 0.25) is 0 Å². The van der Waals surface area contributed by atoms with E-state index < -0.39 is 0 Å². The van der Waals surface area contributed by atoms with Gasteiger partial charge >= 0.3 is 0 Å². The first-order chi connectivity index (χ1) is 8.65. The lowest BCUT2D eigenvalue weighted by molar-refractivity contribution is 1.09. The minimum absolute atomic E-state index is 0.667. The molecule has 1 aromatic heterocycles. The third-order valence-electron chi connectivity index (χ3n) is 2.74. The fourth-order valence-electron chi connectivity index (χ4n) is 1.90. The van der Waals surface area contributed by atoms with Gasteiger partial charge in [0.15, 0.2) is 0 Å². The first-order valence-electron chi connectivity index (χ1n) is 5.33. The summed E-state index contributed by atoms with van der Waals surface area (Å²) in [6, 6.07) is 11.4. The third kappa shape index (κ3) is 1.87. The third-order valence-corrected chi connectivity index (χ3v) is 3.54. The van der Waals surface area contributed by atoms with E-state index in [9.17, 15) is 0 Å². The van der Waals surface area contributed by atoms with E-state index in [1.165, 1.54) is 0 Å². The van der Waals surface area contributed by atoms with Gasteiger partial charge in [-0.25, -0.2) is 4.98 Å². The number of rotatable bonds is 1. The van der Waals surface area contributed by atoms with Crippen LogP contribution in [-0.2, 0) is 0 Å². The first-order valence-corrected chi connectivity index (χ1v) is 6.50. The Morgan fingerprint density at radius 2 is 2.00 bits per heavy atom. The predicted octanol–water partition coefficient (Wildman–Crippen LogP) is 4.02. The molecule has 3 rings (SSSR count). The van der Waals surface area contributed by atoms with Crippen molar-refractivity contribution >= 4 is 44.3 Å². The molecule has 5 heteroatoms. The van der Waals surface area contributed by atoms with Gasteiger partial charge in [-0.1, -0.05) is 27.5 Å². The van der Waals surface area contributed by atoms with Crippen LogP contribution in [0, 0.1) is 0 Å². The van der Waals surface area contributed by atoms with E-state index in [0.717, 1.165) is 21.2 Å². The lowest BCUT2D eigenvalue weighted by atomic mass is 10.2. The molecule has 0 unspecified atom stereocenters. The second-order valence-electron chi connectivity index (χ2n) is 3.96. The molecule has 0 bridgehead atoms. The number of benzene rings is 2. The van der Waals surface area contributed by atoms with Gasteiger partial charge in [0.05, 0.1) is 21.7 Å². The first kappa shape index (κ1) is 11.6. The number of nitrogens with two attached hydrogens (primary N) is 1. The molecule has 0 saturated heterocycles. The molecule has 2 aromatic carbocycles. The zero-order chi connectivity index (χ0) is 12.7. The van der Waals surface area contributed by atoms with Gasteiger partial charge in [-0.2, -0.15) is 0 Å². The molecule has 0 aliphatic carbocycles. The Balaban J connectivity index is 2.25. The smallest absolute Gasteiger partial charge is 0.100 e. The van der Waals surface area contributed by atoms with Gasteiger partial charge in [0, 0.05) is 10.2 Å². The molecule has 90 valence electrons. The fourth-order valence-corrected chi connectivity index (χ4v) is 2.66. The van der Waals surface area contributed by atoms with Gasteiger partial charge in [-0.15, -0.1) is 0 Å². The molecule has 3 aromatic rings. The monoisotopic (exact) mass is 321 g/mol. The Morgan fingerprint density at radius 3 is 2.78 bits per heavy atom. The van der Waals surface area contributed by atoms with Crippen LogP contribution in [0.4, 0.5) is 5.69 Å². The SMILES string of the molecule is Nc1ccc2c(c1)ncn2-c1ccc(Br)cc1Cl. The molecule has 0 spiro atoms. The number of imidazole rings is 1. The molecule has 0 saturated carbocycles. The molecule has 0 fully saturated rings. The van der Waals surface area contributed by atoms with Gasteiger partial charge in [0.25, 0.3) is 0 Å². The maximum absolute atomic E-state index is 6.25. The fraction of sp³-hybridized carbons (Fsp3) is 0. The maximum Gasteiger partial charge on any atom is 0.100 e. The molecule has 0 aliphatic heterocycles. The highest BCUT2D eigenvalue weighted by molar-refractivity contribution is 9.10. The number of aromatic nitrogens is 2. The molecule has 18 heavy (non-hydrogen) atoms. The number of nitrogens with zero attached hydrogens (tertiary/aromatic N) is 2. The summed E-state index contributed by atoms with van der Waals surface area (Å²) in [5, 5.41) is 0.667. The minimum atomic E-state index is 0.667. The summed E-state index contributed by atoms with van der Waals surface area (Å²) in [4.78, 5) is 4.33. The van der Waals surface area contributed by atoms with Gasteiger partial charge in [-0.05, 0) is 36.4 Å². The lowest BCUT2D eigenvalue weighted by Gasteiger charge is -2.07. The quantitative estimate of drug-likeness (QED) is 0.688. The van der Waals surface area contributed by atoms with Crippen LogP contribution >= 0.6 is 27.5 Å². The van der Waals surface area contributed by atoms with Crippen LogP contribution in [0.3, 0.4) is 0 Å². The Hall–Kier alpha value is -1.52. The highest BCUT2D eigenvalue weighted by atomic mass is 79.9. The normalized spacial score (nSPS) is 11.0. The van der Waals surface area contributed by atoms with Crippen molar-refractivity contribution in [2.24, 2.45) is 0 Å². The zero-order valence-corrected chi connectivity index (χ0v) is 11.6. The second-order valence-corrected chi connectivity index (χ2v) is 5.28. The van der Waals surface area contributed by atoms with Crippen molar-refractivity contribution in [3.63, 3.8) is 0 Å². The van der Waals surface area contributed by atoms with Crippen LogP contribution in [0.2, 0.25) is 5.02 Å².